The minimum Gasteiger partial charge on any atom is -0.465 e. The van der Waals surface area contributed by atoms with Gasteiger partial charge in [0.1, 0.15) is 0 Å². The molecule has 0 aromatic rings. The largest absolute Gasteiger partial charge is 0.465 e. The number of carbonyl (C=O) groups excluding carboxylic acids is 1. The van der Waals surface area contributed by atoms with Crippen molar-refractivity contribution < 1.29 is 9.53 Å². The fourth-order valence-electron chi connectivity index (χ4n) is 1.99. The second-order valence-corrected chi connectivity index (χ2v) is 4.41. The summed E-state index contributed by atoms with van der Waals surface area (Å²) in [5.74, 6) is 0.991. The minimum absolute atomic E-state index is 0.0607. The summed E-state index contributed by atoms with van der Waals surface area (Å²) in [6, 6.07) is 0. The third-order valence-electron chi connectivity index (χ3n) is 3.10. The van der Waals surface area contributed by atoms with Crippen molar-refractivity contribution in [3.63, 3.8) is 0 Å². The lowest BCUT2D eigenvalue weighted by Gasteiger charge is -2.20. The summed E-state index contributed by atoms with van der Waals surface area (Å²) in [4.78, 5) is 11.2. The van der Waals surface area contributed by atoms with Gasteiger partial charge in [-0.3, -0.25) is 4.79 Å². The molecule has 0 saturated heterocycles. The van der Waals surface area contributed by atoms with Crippen LogP contribution in [0.15, 0.2) is 0 Å². The number of esters is 1. The van der Waals surface area contributed by atoms with Gasteiger partial charge in [0.2, 0.25) is 0 Å². The molecule has 0 aromatic carbocycles. The molecular weight excluding hydrogens is 164 g/mol. The highest BCUT2D eigenvalue weighted by molar-refractivity contribution is 5.74. The zero-order valence-corrected chi connectivity index (χ0v) is 8.13. The quantitative estimate of drug-likeness (QED) is 0.627. The van der Waals surface area contributed by atoms with E-state index in [0.717, 1.165) is 12.8 Å². The van der Waals surface area contributed by atoms with Crippen molar-refractivity contribution >= 4 is 5.97 Å². The molecule has 0 bridgehead atoms. The molecule has 0 atom stereocenters. The molecule has 2 fully saturated rings. The molecule has 13 heavy (non-hydrogen) atoms. The van der Waals surface area contributed by atoms with Gasteiger partial charge in [-0.05, 0) is 31.6 Å². The maximum Gasteiger partial charge on any atom is 0.308 e. The average molecular weight is 182 g/mol. The molecule has 2 aliphatic rings. The van der Waals surface area contributed by atoms with Gasteiger partial charge < -0.3 is 4.74 Å². The maximum absolute atomic E-state index is 11.2. The van der Waals surface area contributed by atoms with E-state index in [1.807, 2.05) is 0 Å². The Labute approximate surface area is 79.7 Å². The highest BCUT2D eigenvalue weighted by Gasteiger charge is 2.31. The first-order valence-electron chi connectivity index (χ1n) is 5.53. The number of carbonyl (C=O) groups is 1. The fraction of sp³-hybridized carbons (Fsp3) is 0.909. The highest BCUT2D eigenvalue weighted by Crippen LogP contribution is 2.31. The van der Waals surface area contributed by atoms with E-state index in [0.29, 0.717) is 12.5 Å². The molecule has 0 N–H and O–H groups in total. The van der Waals surface area contributed by atoms with Crippen LogP contribution in [0.2, 0.25) is 0 Å². The van der Waals surface area contributed by atoms with Crippen molar-refractivity contribution in [3.05, 3.63) is 0 Å². The second-order valence-electron chi connectivity index (χ2n) is 4.41. The smallest absolute Gasteiger partial charge is 0.308 e. The minimum atomic E-state index is 0.0607. The van der Waals surface area contributed by atoms with E-state index in [1.165, 1.54) is 32.1 Å². The Morgan fingerprint density at radius 1 is 1.08 bits per heavy atom. The van der Waals surface area contributed by atoms with E-state index in [1.54, 1.807) is 0 Å². The molecule has 0 spiro atoms. The van der Waals surface area contributed by atoms with Crippen molar-refractivity contribution in [2.75, 3.05) is 6.61 Å². The molecule has 2 heteroatoms. The zero-order valence-electron chi connectivity index (χ0n) is 8.13. The van der Waals surface area contributed by atoms with Gasteiger partial charge in [-0.25, -0.2) is 0 Å². The normalized spacial score (nSPS) is 24.3. The summed E-state index contributed by atoms with van der Waals surface area (Å²) >= 11 is 0. The molecule has 2 aliphatic carbocycles. The number of hydrogen-bond acceptors (Lipinski definition) is 2. The van der Waals surface area contributed by atoms with E-state index in [4.69, 9.17) is 4.74 Å². The first-order chi connectivity index (χ1) is 6.36. The monoisotopic (exact) mass is 182 g/mol. The fourth-order valence-corrected chi connectivity index (χ4v) is 1.99. The van der Waals surface area contributed by atoms with Crippen LogP contribution in [0.4, 0.5) is 0 Å². The number of ether oxygens (including phenoxy) is 1. The van der Waals surface area contributed by atoms with Crippen LogP contribution in [0, 0.1) is 11.8 Å². The summed E-state index contributed by atoms with van der Waals surface area (Å²) in [5.41, 5.74) is 0. The van der Waals surface area contributed by atoms with Crippen molar-refractivity contribution in [2.45, 2.75) is 44.9 Å². The standard InChI is InChI=1S/C11H18O2/c12-11(10-6-7-10)13-8-9-4-2-1-3-5-9/h9-10H,1-8H2. The molecule has 0 radical (unpaired) electrons. The van der Waals surface area contributed by atoms with Gasteiger partial charge in [-0.2, -0.15) is 0 Å². The highest BCUT2D eigenvalue weighted by atomic mass is 16.5. The van der Waals surface area contributed by atoms with Crippen molar-refractivity contribution in [1.29, 1.82) is 0 Å². The molecule has 0 unspecified atom stereocenters. The molecular formula is C11H18O2. The van der Waals surface area contributed by atoms with Crippen LogP contribution < -0.4 is 0 Å². The number of hydrogen-bond donors (Lipinski definition) is 0. The summed E-state index contributed by atoms with van der Waals surface area (Å²) in [6.45, 7) is 0.690. The molecule has 0 amide bonds. The summed E-state index contributed by atoms with van der Waals surface area (Å²) < 4.78 is 5.27. The molecule has 74 valence electrons. The van der Waals surface area contributed by atoms with E-state index in [9.17, 15) is 4.79 Å². The Morgan fingerprint density at radius 3 is 2.38 bits per heavy atom. The summed E-state index contributed by atoms with van der Waals surface area (Å²) in [6.07, 6.45) is 8.66. The number of rotatable bonds is 3. The van der Waals surface area contributed by atoms with Crippen molar-refractivity contribution in [1.82, 2.24) is 0 Å². The van der Waals surface area contributed by atoms with Crippen LogP contribution >= 0.6 is 0 Å². The first-order valence-corrected chi connectivity index (χ1v) is 5.53. The third-order valence-corrected chi connectivity index (χ3v) is 3.10. The Kier molecular flexibility index (Phi) is 2.87. The predicted octanol–water partition coefficient (Wildman–Crippen LogP) is 2.52. The topological polar surface area (TPSA) is 26.3 Å². The van der Waals surface area contributed by atoms with Crippen LogP contribution in [0.1, 0.15) is 44.9 Å². The SMILES string of the molecule is O=C(OCC1CCCCC1)C1CC1. The lowest BCUT2D eigenvalue weighted by atomic mass is 9.90. The Hall–Kier alpha value is -0.530. The van der Waals surface area contributed by atoms with Crippen LogP contribution in [0.3, 0.4) is 0 Å². The van der Waals surface area contributed by atoms with E-state index >= 15 is 0 Å². The summed E-state index contributed by atoms with van der Waals surface area (Å²) in [7, 11) is 0. The Morgan fingerprint density at radius 2 is 1.77 bits per heavy atom. The van der Waals surface area contributed by atoms with Gasteiger partial charge in [0.15, 0.2) is 0 Å². The lowest BCUT2D eigenvalue weighted by molar-refractivity contribution is -0.146. The predicted molar refractivity (Wildman–Crippen MR) is 50.3 cm³/mol. The van der Waals surface area contributed by atoms with Gasteiger partial charge in [-0.15, -0.1) is 0 Å². The van der Waals surface area contributed by atoms with E-state index < -0.39 is 0 Å². The zero-order chi connectivity index (χ0) is 9.10. The van der Waals surface area contributed by atoms with E-state index in [2.05, 4.69) is 0 Å². The molecule has 2 nitrogen and oxygen atoms in total. The second kappa shape index (κ2) is 4.12. The molecule has 0 heterocycles. The Balaban J connectivity index is 1.62. The van der Waals surface area contributed by atoms with Gasteiger partial charge in [0.25, 0.3) is 0 Å². The first kappa shape index (κ1) is 9.04. The Bertz CT molecular complexity index is 179. The third kappa shape index (κ3) is 2.71. The molecule has 0 aliphatic heterocycles. The van der Waals surface area contributed by atoms with Gasteiger partial charge in [-0.1, -0.05) is 19.3 Å². The van der Waals surface area contributed by atoms with Crippen LogP contribution in [0.25, 0.3) is 0 Å². The molecule has 2 saturated carbocycles. The maximum atomic E-state index is 11.2. The van der Waals surface area contributed by atoms with Crippen LogP contribution in [-0.2, 0) is 9.53 Å². The van der Waals surface area contributed by atoms with Gasteiger partial charge in [0, 0.05) is 0 Å². The van der Waals surface area contributed by atoms with Gasteiger partial charge in [0.05, 0.1) is 12.5 Å². The summed E-state index contributed by atoms with van der Waals surface area (Å²) in [5, 5.41) is 0. The lowest BCUT2D eigenvalue weighted by Crippen LogP contribution is -2.17. The molecule has 0 aromatic heterocycles. The van der Waals surface area contributed by atoms with Crippen LogP contribution in [-0.4, -0.2) is 12.6 Å². The van der Waals surface area contributed by atoms with Crippen molar-refractivity contribution in [2.24, 2.45) is 11.8 Å². The van der Waals surface area contributed by atoms with Crippen LogP contribution in [0.5, 0.6) is 0 Å². The average Bonchev–Trinajstić information content (AvgIpc) is 2.99. The van der Waals surface area contributed by atoms with Gasteiger partial charge >= 0.3 is 5.97 Å². The molecule has 2 rings (SSSR count). The van der Waals surface area contributed by atoms with E-state index in [-0.39, 0.29) is 11.9 Å². The van der Waals surface area contributed by atoms with Crippen molar-refractivity contribution in [3.8, 4) is 0 Å².